The first kappa shape index (κ1) is 21.4. The summed E-state index contributed by atoms with van der Waals surface area (Å²) in [6.45, 7) is 0.334. The number of rotatable bonds is 6. The van der Waals surface area contributed by atoms with Gasteiger partial charge in [0.05, 0.1) is 12.5 Å². The van der Waals surface area contributed by atoms with E-state index in [-0.39, 0.29) is 39.2 Å². The zero-order valence-corrected chi connectivity index (χ0v) is 16.7. The van der Waals surface area contributed by atoms with Gasteiger partial charge < -0.3 is 9.84 Å². The van der Waals surface area contributed by atoms with Crippen LogP contribution in [0.2, 0.25) is 0 Å². The Hall–Kier alpha value is -3.34. The fourth-order valence-electron chi connectivity index (χ4n) is 3.15. The Kier molecular flexibility index (Phi) is 5.83. The van der Waals surface area contributed by atoms with Crippen molar-refractivity contribution in [3.05, 3.63) is 66.7 Å². The van der Waals surface area contributed by atoms with Crippen LogP contribution in [-0.4, -0.2) is 33.3 Å². The molecular formula is C19H16F2N2O6S. The number of nitrogens with zero attached hydrogens (tertiary/aromatic N) is 2. The molecule has 158 valence electrons. The highest BCUT2D eigenvalue weighted by molar-refractivity contribution is 7.20. The number of aryl methyl sites for hydroxylation is 2. The monoisotopic (exact) mass is 438 g/mol. The second kappa shape index (κ2) is 8.19. The maximum absolute atomic E-state index is 14.0. The minimum atomic E-state index is -1.42. The van der Waals surface area contributed by atoms with E-state index in [4.69, 9.17) is 9.84 Å². The average molecular weight is 438 g/mol. The van der Waals surface area contributed by atoms with Crippen molar-refractivity contribution < 1.29 is 28.2 Å². The summed E-state index contributed by atoms with van der Waals surface area (Å²) in [6.07, 6.45) is -0.233. The molecule has 0 unspecified atom stereocenters. The lowest BCUT2D eigenvalue weighted by Crippen LogP contribution is -2.41. The van der Waals surface area contributed by atoms with Crippen LogP contribution in [0.3, 0.4) is 0 Å². The number of aromatic nitrogens is 2. The molecule has 30 heavy (non-hydrogen) atoms. The van der Waals surface area contributed by atoms with Crippen LogP contribution >= 0.6 is 11.3 Å². The molecule has 0 atom stereocenters. The van der Waals surface area contributed by atoms with Crippen LogP contribution in [-0.2, 0) is 29.0 Å². The Bertz CT molecular complexity index is 1270. The van der Waals surface area contributed by atoms with Gasteiger partial charge in [0.2, 0.25) is 0 Å². The highest BCUT2D eigenvalue weighted by Crippen LogP contribution is 2.28. The fourth-order valence-corrected chi connectivity index (χ4v) is 4.39. The molecule has 3 rings (SSSR count). The number of halogens is 2. The zero-order chi connectivity index (χ0) is 22.2. The summed E-state index contributed by atoms with van der Waals surface area (Å²) in [5.74, 6) is -3.73. The third-order valence-electron chi connectivity index (χ3n) is 4.61. The van der Waals surface area contributed by atoms with Gasteiger partial charge in [-0.05, 0) is 31.0 Å². The molecular weight excluding hydrogens is 422 g/mol. The van der Waals surface area contributed by atoms with E-state index in [1.54, 1.807) is 0 Å². The van der Waals surface area contributed by atoms with Gasteiger partial charge in [0.1, 0.15) is 27.9 Å². The Morgan fingerprint density at radius 1 is 1.17 bits per heavy atom. The number of ether oxygens (including phenoxy) is 1. The Morgan fingerprint density at radius 3 is 2.37 bits per heavy atom. The quantitative estimate of drug-likeness (QED) is 0.590. The summed E-state index contributed by atoms with van der Waals surface area (Å²) in [5.41, 5.74) is -1.84. The van der Waals surface area contributed by atoms with Crippen molar-refractivity contribution in [1.82, 2.24) is 9.13 Å². The van der Waals surface area contributed by atoms with Gasteiger partial charge in [0.25, 0.3) is 5.56 Å². The van der Waals surface area contributed by atoms with Gasteiger partial charge in [-0.25, -0.2) is 22.9 Å². The summed E-state index contributed by atoms with van der Waals surface area (Å²) in [6, 6.07) is 3.36. The number of fused-ring (bicyclic) bond motifs is 1. The summed E-state index contributed by atoms with van der Waals surface area (Å²) in [5, 5.41) is 9.06. The third-order valence-corrected chi connectivity index (χ3v) is 5.90. The highest BCUT2D eigenvalue weighted by atomic mass is 32.1. The molecule has 8 nitrogen and oxygen atoms in total. The Labute approximate surface area is 171 Å². The number of methoxy groups -OCH3 is 1. The first-order chi connectivity index (χ1) is 14.2. The van der Waals surface area contributed by atoms with Crippen molar-refractivity contribution in [1.29, 1.82) is 0 Å². The summed E-state index contributed by atoms with van der Waals surface area (Å²) < 4.78 is 34.2. The molecule has 0 radical (unpaired) electrons. The number of carbonyl (C=O) groups is 2. The number of carboxylic acids is 1. The molecule has 0 aliphatic rings. The Morgan fingerprint density at radius 2 is 1.80 bits per heavy atom. The summed E-state index contributed by atoms with van der Waals surface area (Å²) >= 11 is 0.823. The number of carbonyl (C=O) groups excluding carboxylic acids is 1. The molecule has 0 spiro atoms. The topological polar surface area (TPSA) is 108 Å². The third kappa shape index (κ3) is 3.63. The van der Waals surface area contributed by atoms with E-state index in [1.807, 2.05) is 0 Å². The van der Waals surface area contributed by atoms with E-state index in [0.29, 0.717) is 4.57 Å². The van der Waals surface area contributed by atoms with E-state index >= 15 is 0 Å². The zero-order valence-electron chi connectivity index (χ0n) is 15.9. The number of benzene rings is 1. The maximum Gasteiger partial charge on any atom is 0.348 e. The highest BCUT2D eigenvalue weighted by Gasteiger charge is 2.24. The van der Waals surface area contributed by atoms with Gasteiger partial charge in [-0.3, -0.25) is 14.2 Å². The maximum atomic E-state index is 14.0. The van der Waals surface area contributed by atoms with E-state index < -0.39 is 41.4 Å². The lowest BCUT2D eigenvalue weighted by Gasteiger charge is -2.12. The number of aliphatic carboxylic acids is 1. The number of esters is 1. The summed E-state index contributed by atoms with van der Waals surface area (Å²) in [7, 11) is 1.16. The van der Waals surface area contributed by atoms with Crippen LogP contribution in [0.5, 0.6) is 0 Å². The van der Waals surface area contributed by atoms with Crippen LogP contribution in [0.15, 0.2) is 27.8 Å². The second-order valence-electron chi connectivity index (χ2n) is 6.40. The molecule has 3 aromatic rings. The van der Waals surface area contributed by atoms with Gasteiger partial charge in [-0.15, -0.1) is 11.3 Å². The second-order valence-corrected chi connectivity index (χ2v) is 7.40. The van der Waals surface area contributed by atoms with Crippen molar-refractivity contribution in [3.8, 4) is 0 Å². The number of hydrogen-bond acceptors (Lipinski definition) is 6. The van der Waals surface area contributed by atoms with E-state index in [2.05, 4.69) is 0 Å². The molecule has 0 fully saturated rings. The molecule has 1 N–H and O–H groups in total. The van der Waals surface area contributed by atoms with Crippen LogP contribution in [0.25, 0.3) is 10.2 Å². The molecule has 0 saturated heterocycles. The fraction of sp³-hybridized carbons (Fsp3) is 0.263. The van der Waals surface area contributed by atoms with Crippen molar-refractivity contribution in [3.63, 3.8) is 0 Å². The van der Waals surface area contributed by atoms with Gasteiger partial charge in [0, 0.05) is 12.1 Å². The SMILES string of the molecule is COC(=O)c1sc2c(c1C)c(=O)n(CC(=O)O)c(=O)n2CCc1c(F)cccc1F. The van der Waals surface area contributed by atoms with Crippen molar-refractivity contribution in [2.45, 2.75) is 26.4 Å². The number of hydrogen-bond donors (Lipinski definition) is 1. The molecule has 2 heterocycles. The van der Waals surface area contributed by atoms with Crippen LogP contribution in [0, 0.1) is 18.6 Å². The minimum absolute atomic E-state index is 0.0183. The van der Waals surface area contributed by atoms with Crippen molar-refractivity contribution >= 4 is 33.5 Å². The molecule has 0 amide bonds. The van der Waals surface area contributed by atoms with Crippen molar-refractivity contribution in [2.75, 3.05) is 7.11 Å². The molecule has 2 aromatic heterocycles. The number of thiophene rings is 1. The molecule has 0 bridgehead atoms. The van der Waals surface area contributed by atoms with Crippen molar-refractivity contribution in [2.24, 2.45) is 0 Å². The first-order valence-electron chi connectivity index (χ1n) is 8.67. The van der Waals surface area contributed by atoms with Gasteiger partial charge in [-0.1, -0.05) is 6.07 Å². The first-order valence-corrected chi connectivity index (χ1v) is 9.48. The van der Waals surface area contributed by atoms with Crippen LogP contribution < -0.4 is 11.2 Å². The predicted molar refractivity (Wildman–Crippen MR) is 104 cm³/mol. The molecule has 11 heteroatoms. The van der Waals surface area contributed by atoms with Gasteiger partial charge >= 0.3 is 17.6 Å². The van der Waals surface area contributed by atoms with E-state index in [0.717, 1.165) is 35.1 Å². The van der Waals surface area contributed by atoms with E-state index in [1.165, 1.54) is 13.0 Å². The Balaban J connectivity index is 2.25. The molecule has 0 saturated carbocycles. The molecule has 1 aromatic carbocycles. The normalized spacial score (nSPS) is 11.1. The predicted octanol–water partition coefficient (Wildman–Crippen LogP) is 1.93. The molecule has 0 aliphatic heterocycles. The van der Waals surface area contributed by atoms with Gasteiger partial charge in [0.15, 0.2) is 0 Å². The van der Waals surface area contributed by atoms with Gasteiger partial charge in [-0.2, -0.15) is 0 Å². The largest absolute Gasteiger partial charge is 0.480 e. The van der Waals surface area contributed by atoms with Crippen LogP contribution in [0.1, 0.15) is 20.8 Å². The summed E-state index contributed by atoms with van der Waals surface area (Å²) in [4.78, 5) is 49.0. The van der Waals surface area contributed by atoms with Crippen LogP contribution in [0.4, 0.5) is 8.78 Å². The standard InChI is InChI=1S/C19H16F2N2O6S/c1-9-14-16(26)23(8-13(24)25)19(28)22(17(14)30-15(9)18(27)29-2)7-6-10-11(20)4-3-5-12(10)21/h3-5H,6-8H2,1-2H3,(H,24,25). The number of carboxylic acid groups (broad SMARTS) is 1. The molecule has 0 aliphatic carbocycles. The van der Waals surface area contributed by atoms with E-state index in [9.17, 15) is 28.0 Å². The average Bonchev–Trinajstić information content (AvgIpc) is 3.03. The minimum Gasteiger partial charge on any atom is -0.480 e. The lowest BCUT2D eigenvalue weighted by molar-refractivity contribution is -0.137. The smallest absolute Gasteiger partial charge is 0.348 e. The lowest BCUT2D eigenvalue weighted by atomic mass is 10.1.